The molecule has 0 spiro atoms. The summed E-state index contributed by atoms with van der Waals surface area (Å²) in [5, 5.41) is 5.42. The standard InChI is InChI=1S/C27H33BO2Si/c1-26(2)27(3,4)30-28(29-26)20-24(31(5,6)23-16-8-7-9-17-23)19-22-15-12-14-21-13-10-11-18-25(21)22/h7-19H,20H2,1-6H3/b24-19+. The van der Waals surface area contributed by atoms with E-state index in [-0.39, 0.29) is 18.3 Å². The van der Waals surface area contributed by atoms with Crippen LogP contribution in [0, 0.1) is 0 Å². The Labute approximate surface area is 188 Å². The average molecular weight is 428 g/mol. The van der Waals surface area contributed by atoms with Crippen molar-refractivity contribution in [3.63, 3.8) is 0 Å². The number of hydrogen-bond acceptors (Lipinski definition) is 2. The van der Waals surface area contributed by atoms with Gasteiger partial charge in [-0.2, -0.15) is 0 Å². The summed E-state index contributed by atoms with van der Waals surface area (Å²) >= 11 is 0. The van der Waals surface area contributed by atoms with Crippen LogP contribution in [0.2, 0.25) is 19.4 Å². The van der Waals surface area contributed by atoms with Crippen molar-refractivity contribution < 1.29 is 9.31 Å². The van der Waals surface area contributed by atoms with Crippen LogP contribution in [0.25, 0.3) is 16.8 Å². The Morgan fingerprint density at radius 2 is 1.39 bits per heavy atom. The first-order valence-corrected chi connectivity index (χ1v) is 14.2. The number of benzene rings is 3. The number of rotatable bonds is 5. The van der Waals surface area contributed by atoms with Gasteiger partial charge in [-0.25, -0.2) is 0 Å². The van der Waals surface area contributed by atoms with Crippen molar-refractivity contribution in [2.75, 3.05) is 0 Å². The van der Waals surface area contributed by atoms with E-state index in [1.807, 2.05) is 0 Å². The van der Waals surface area contributed by atoms with Crippen molar-refractivity contribution in [1.82, 2.24) is 0 Å². The Hall–Kier alpha value is -2.14. The first-order valence-electron chi connectivity index (χ1n) is 11.2. The molecule has 0 saturated carbocycles. The van der Waals surface area contributed by atoms with Crippen LogP contribution in [0.4, 0.5) is 0 Å². The van der Waals surface area contributed by atoms with Crippen molar-refractivity contribution in [3.05, 3.63) is 83.6 Å². The van der Waals surface area contributed by atoms with Gasteiger partial charge < -0.3 is 9.31 Å². The van der Waals surface area contributed by atoms with E-state index in [1.54, 1.807) is 0 Å². The van der Waals surface area contributed by atoms with E-state index in [4.69, 9.17) is 9.31 Å². The largest absolute Gasteiger partial charge is 0.461 e. The number of hydrogen-bond donors (Lipinski definition) is 0. The molecule has 1 saturated heterocycles. The summed E-state index contributed by atoms with van der Waals surface area (Å²) in [5.74, 6) is 0. The zero-order chi connectivity index (χ0) is 22.3. The molecule has 31 heavy (non-hydrogen) atoms. The lowest BCUT2D eigenvalue weighted by molar-refractivity contribution is 0.00578. The molecule has 3 aromatic rings. The molecule has 1 fully saturated rings. The predicted molar refractivity (Wildman–Crippen MR) is 136 cm³/mol. The highest BCUT2D eigenvalue weighted by atomic mass is 28.3. The Kier molecular flexibility index (Phi) is 5.76. The quantitative estimate of drug-likeness (QED) is 0.434. The minimum Gasteiger partial charge on any atom is -0.403 e. The molecule has 0 bridgehead atoms. The first kappa shape index (κ1) is 22.1. The second-order valence-electron chi connectivity index (χ2n) is 10.1. The minimum atomic E-state index is -1.94. The SMILES string of the molecule is CC1(C)OB(C/C(=C\c2cccc3ccccc23)[Si](C)(C)c2ccccc2)OC1(C)C. The van der Waals surface area contributed by atoms with Crippen LogP contribution in [0.5, 0.6) is 0 Å². The van der Waals surface area contributed by atoms with Gasteiger partial charge in [0.05, 0.1) is 11.2 Å². The molecule has 0 N–H and O–H groups in total. The molecule has 4 rings (SSSR count). The highest BCUT2D eigenvalue weighted by Crippen LogP contribution is 2.40. The molecular weight excluding hydrogens is 395 g/mol. The monoisotopic (exact) mass is 428 g/mol. The minimum absolute atomic E-state index is 0.235. The summed E-state index contributed by atoms with van der Waals surface area (Å²) < 4.78 is 12.8. The molecule has 0 radical (unpaired) electrons. The molecule has 0 aromatic heterocycles. The molecule has 160 valence electrons. The molecule has 2 nitrogen and oxygen atoms in total. The van der Waals surface area contributed by atoms with Gasteiger partial charge in [0.15, 0.2) is 0 Å². The summed E-state index contributed by atoms with van der Waals surface area (Å²) in [6.45, 7) is 13.4. The highest BCUT2D eigenvalue weighted by molar-refractivity contribution is 6.96. The van der Waals surface area contributed by atoms with Gasteiger partial charge in [0, 0.05) is 6.32 Å². The van der Waals surface area contributed by atoms with Gasteiger partial charge >= 0.3 is 7.12 Å². The van der Waals surface area contributed by atoms with Crippen molar-refractivity contribution in [3.8, 4) is 0 Å². The number of fused-ring (bicyclic) bond motifs is 1. The van der Waals surface area contributed by atoms with E-state index < -0.39 is 8.07 Å². The van der Waals surface area contributed by atoms with Crippen LogP contribution in [0.3, 0.4) is 0 Å². The maximum absolute atomic E-state index is 6.41. The Morgan fingerprint density at radius 1 is 0.806 bits per heavy atom. The smallest absolute Gasteiger partial charge is 0.403 e. The normalized spacial score (nSPS) is 18.5. The Balaban J connectivity index is 1.79. The third-order valence-electron chi connectivity index (χ3n) is 7.14. The van der Waals surface area contributed by atoms with Crippen LogP contribution in [-0.2, 0) is 9.31 Å². The fourth-order valence-corrected chi connectivity index (χ4v) is 6.92. The van der Waals surface area contributed by atoms with Crippen molar-refractivity contribution >= 4 is 37.2 Å². The molecule has 3 aromatic carbocycles. The third kappa shape index (κ3) is 4.30. The van der Waals surface area contributed by atoms with Crippen LogP contribution in [0.15, 0.2) is 78.0 Å². The van der Waals surface area contributed by atoms with Crippen molar-refractivity contribution in [2.24, 2.45) is 0 Å². The fourth-order valence-electron chi connectivity index (χ4n) is 4.33. The van der Waals surface area contributed by atoms with E-state index in [0.29, 0.717) is 0 Å². The molecule has 1 heterocycles. The van der Waals surface area contributed by atoms with Gasteiger partial charge in [0.25, 0.3) is 0 Å². The van der Waals surface area contributed by atoms with E-state index >= 15 is 0 Å². The topological polar surface area (TPSA) is 18.5 Å². The van der Waals surface area contributed by atoms with Crippen LogP contribution in [0.1, 0.15) is 33.3 Å². The van der Waals surface area contributed by atoms with Crippen molar-refractivity contribution in [2.45, 2.75) is 58.3 Å². The third-order valence-corrected chi connectivity index (χ3v) is 10.9. The van der Waals surface area contributed by atoms with E-state index in [0.717, 1.165) is 6.32 Å². The van der Waals surface area contributed by atoms with E-state index in [2.05, 4.69) is 120 Å². The Morgan fingerprint density at radius 3 is 2.06 bits per heavy atom. The first-order chi connectivity index (χ1) is 14.6. The maximum Gasteiger partial charge on any atom is 0.461 e. The molecule has 0 atom stereocenters. The van der Waals surface area contributed by atoms with Crippen LogP contribution >= 0.6 is 0 Å². The summed E-state index contributed by atoms with van der Waals surface area (Å²) in [5.41, 5.74) is 0.627. The number of allylic oxidation sites excluding steroid dienone is 1. The van der Waals surface area contributed by atoms with E-state index in [1.165, 1.54) is 26.7 Å². The predicted octanol–water partition coefficient (Wildman–Crippen LogP) is 6.47. The lowest BCUT2D eigenvalue weighted by atomic mass is 9.84. The summed E-state index contributed by atoms with van der Waals surface area (Å²) in [6, 6.07) is 26.1. The lowest BCUT2D eigenvalue weighted by Crippen LogP contribution is -2.45. The van der Waals surface area contributed by atoms with Crippen LogP contribution < -0.4 is 5.19 Å². The molecular formula is C27H33BO2Si. The zero-order valence-electron chi connectivity index (χ0n) is 19.6. The lowest BCUT2D eigenvalue weighted by Gasteiger charge is -2.32. The van der Waals surface area contributed by atoms with Gasteiger partial charge in [-0.15, -0.1) is 0 Å². The molecule has 0 unspecified atom stereocenters. The summed E-state index contributed by atoms with van der Waals surface area (Å²) in [4.78, 5) is 0. The molecule has 4 heteroatoms. The summed E-state index contributed by atoms with van der Waals surface area (Å²) in [7, 11) is -2.17. The summed E-state index contributed by atoms with van der Waals surface area (Å²) in [6.07, 6.45) is 3.19. The highest BCUT2D eigenvalue weighted by Gasteiger charge is 2.51. The maximum atomic E-state index is 6.41. The second-order valence-corrected chi connectivity index (χ2v) is 14.6. The molecule has 0 amide bonds. The van der Waals surface area contributed by atoms with Crippen molar-refractivity contribution in [1.29, 1.82) is 0 Å². The van der Waals surface area contributed by atoms with Gasteiger partial charge in [-0.05, 0) is 44.0 Å². The van der Waals surface area contributed by atoms with Gasteiger partial charge in [-0.3, -0.25) is 0 Å². The Bertz CT molecular complexity index is 1080. The van der Waals surface area contributed by atoms with Gasteiger partial charge in [0.1, 0.15) is 8.07 Å². The second kappa shape index (κ2) is 8.09. The zero-order valence-corrected chi connectivity index (χ0v) is 20.6. The van der Waals surface area contributed by atoms with Crippen LogP contribution in [-0.4, -0.2) is 26.4 Å². The van der Waals surface area contributed by atoms with E-state index in [9.17, 15) is 0 Å². The van der Waals surface area contributed by atoms with Gasteiger partial charge in [0.2, 0.25) is 0 Å². The molecule has 0 aliphatic carbocycles. The average Bonchev–Trinajstić information content (AvgIpc) is 2.94. The fraction of sp³-hybridized carbons (Fsp3) is 0.333. The van der Waals surface area contributed by atoms with Gasteiger partial charge in [-0.1, -0.05) is 102 Å². The molecule has 1 aliphatic rings. The molecule has 1 aliphatic heterocycles.